The molecule has 0 radical (unpaired) electrons. The predicted octanol–water partition coefficient (Wildman–Crippen LogP) is 1.96. The maximum absolute atomic E-state index is 9.22. The number of nitrogens with zero attached hydrogens (tertiary/aromatic N) is 2. The van der Waals surface area contributed by atoms with Gasteiger partial charge < -0.3 is 5.11 Å². The van der Waals surface area contributed by atoms with Gasteiger partial charge in [0.25, 0.3) is 0 Å². The van der Waals surface area contributed by atoms with Gasteiger partial charge in [0.1, 0.15) is 6.07 Å². The zero-order valence-electron chi connectivity index (χ0n) is 8.00. The van der Waals surface area contributed by atoms with Crippen molar-refractivity contribution in [2.75, 3.05) is 0 Å². The number of aromatic nitrogens is 1. The van der Waals surface area contributed by atoms with Crippen molar-refractivity contribution in [3.63, 3.8) is 0 Å². The smallest absolute Gasteiger partial charge is 0.151 e. The Bertz CT molecular complexity index is 358. The number of aromatic hydroxyl groups is 1. The molecule has 0 aliphatic heterocycles. The standard InChI is InChI=1S/C10H12N2O/c1-10(2,3)9-4-7(5-11)8(13)6-12-9/h4,6,13H,1-3H3. The van der Waals surface area contributed by atoms with Gasteiger partial charge in [-0.05, 0) is 6.07 Å². The molecular formula is C10H12N2O. The van der Waals surface area contributed by atoms with Gasteiger partial charge in [0.15, 0.2) is 5.75 Å². The first kappa shape index (κ1) is 9.53. The summed E-state index contributed by atoms with van der Waals surface area (Å²) in [4.78, 5) is 4.06. The average molecular weight is 176 g/mol. The maximum Gasteiger partial charge on any atom is 0.151 e. The molecular weight excluding hydrogens is 164 g/mol. The molecule has 3 heteroatoms. The second-order valence-corrected chi connectivity index (χ2v) is 3.95. The van der Waals surface area contributed by atoms with E-state index < -0.39 is 0 Å². The Kier molecular flexibility index (Phi) is 2.24. The summed E-state index contributed by atoms with van der Waals surface area (Å²) in [5, 5.41) is 17.9. The first-order valence-corrected chi connectivity index (χ1v) is 4.05. The molecule has 1 heterocycles. The van der Waals surface area contributed by atoms with Crippen LogP contribution in [0.2, 0.25) is 0 Å². The van der Waals surface area contributed by atoms with E-state index in [1.165, 1.54) is 6.20 Å². The molecule has 68 valence electrons. The topological polar surface area (TPSA) is 56.9 Å². The molecule has 0 aliphatic carbocycles. The molecule has 0 bridgehead atoms. The van der Waals surface area contributed by atoms with Crippen LogP contribution < -0.4 is 0 Å². The molecule has 1 N–H and O–H groups in total. The van der Waals surface area contributed by atoms with E-state index >= 15 is 0 Å². The number of pyridine rings is 1. The predicted molar refractivity (Wildman–Crippen MR) is 49.3 cm³/mol. The Morgan fingerprint density at radius 2 is 2.08 bits per heavy atom. The van der Waals surface area contributed by atoms with Gasteiger partial charge in [0.2, 0.25) is 0 Å². The molecule has 0 spiro atoms. The van der Waals surface area contributed by atoms with Crippen molar-refractivity contribution in [3.8, 4) is 11.8 Å². The van der Waals surface area contributed by atoms with Gasteiger partial charge in [0.05, 0.1) is 11.8 Å². The van der Waals surface area contributed by atoms with Gasteiger partial charge in [-0.2, -0.15) is 5.26 Å². The molecule has 0 unspecified atom stereocenters. The number of hydrogen-bond donors (Lipinski definition) is 1. The second kappa shape index (κ2) is 3.06. The van der Waals surface area contributed by atoms with E-state index in [0.717, 1.165) is 5.69 Å². The van der Waals surface area contributed by atoms with Crippen LogP contribution in [0.25, 0.3) is 0 Å². The monoisotopic (exact) mass is 176 g/mol. The molecule has 0 fully saturated rings. The van der Waals surface area contributed by atoms with Gasteiger partial charge >= 0.3 is 0 Å². The highest BCUT2D eigenvalue weighted by Crippen LogP contribution is 2.24. The first-order chi connectivity index (χ1) is 5.95. The highest BCUT2D eigenvalue weighted by atomic mass is 16.3. The SMILES string of the molecule is CC(C)(C)c1cc(C#N)c(O)cn1. The Balaban J connectivity index is 3.24. The van der Waals surface area contributed by atoms with E-state index in [9.17, 15) is 5.11 Å². The molecule has 3 nitrogen and oxygen atoms in total. The number of nitriles is 1. The lowest BCUT2D eigenvalue weighted by atomic mass is 9.91. The molecule has 0 atom stereocenters. The van der Waals surface area contributed by atoms with Crippen LogP contribution in [0.5, 0.6) is 5.75 Å². The molecule has 1 rings (SSSR count). The van der Waals surface area contributed by atoms with Crippen LogP contribution in [0.4, 0.5) is 0 Å². The molecule has 0 amide bonds. The van der Waals surface area contributed by atoms with Gasteiger partial charge in [-0.25, -0.2) is 0 Å². The lowest BCUT2D eigenvalue weighted by molar-refractivity contribution is 0.467. The van der Waals surface area contributed by atoms with Crippen molar-refractivity contribution in [1.29, 1.82) is 5.26 Å². The molecule has 0 saturated heterocycles. The van der Waals surface area contributed by atoms with Gasteiger partial charge in [0, 0.05) is 11.1 Å². The third kappa shape index (κ3) is 1.97. The van der Waals surface area contributed by atoms with Gasteiger partial charge in [-0.1, -0.05) is 20.8 Å². The van der Waals surface area contributed by atoms with Crippen LogP contribution >= 0.6 is 0 Å². The third-order valence-corrected chi connectivity index (χ3v) is 1.77. The van der Waals surface area contributed by atoms with Crippen molar-refractivity contribution in [3.05, 3.63) is 23.5 Å². The van der Waals surface area contributed by atoms with Crippen LogP contribution in [0.3, 0.4) is 0 Å². The lowest BCUT2D eigenvalue weighted by Gasteiger charge is -2.17. The van der Waals surface area contributed by atoms with Gasteiger partial charge in [-0.3, -0.25) is 4.98 Å². The van der Waals surface area contributed by atoms with E-state index in [1.54, 1.807) is 6.07 Å². The van der Waals surface area contributed by atoms with Crippen molar-refractivity contribution < 1.29 is 5.11 Å². The fourth-order valence-corrected chi connectivity index (χ4v) is 0.948. The Morgan fingerprint density at radius 3 is 2.54 bits per heavy atom. The minimum Gasteiger partial charge on any atom is -0.505 e. The molecule has 0 saturated carbocycles. The van der Waals surface area contributed by atoms with E-state index in [0.29, 0.717) is 0 Å². The summed E-state index contributed by atoms with van der Waals surface area (Å²) in [7, 11) is 0. The summed E-state index contributed by atoms with van der Waals surface area (Å²) in [6, 6.07) is 3.54. The first-order valence-electron chi connectivity index (χ1n) is 4.05. The van der Waals surface area contributed by atoms with Crippen LogP contribution in [-0.2, 0) is 5.41 Å². The maximum atomic E-state index is 9.22. The molecule has 13 heavy (non-hydrogen) atoms. The summed E-state index contributed by atoms with van der Waals surface area (Å²) in [5.41, 5.74) is 0.987. The highest BCUT2D eigenvalue weighted by Gasteiger charge is 2.16. The fraction of sp³-hybridized carbons (Fsp3) is 0.400. The third-order valence-electron chi connectivity index (χ3n) is 1.77. The lowest BCUT2D eigenvalue weighted by Crippen LogP contribution is -2.13. The average Bonchev–Trinajstić information content (AvgIpc) is 2.03. The molecule has 1 aromatic heterocycles. The van der Waals surface area contributed by atoms with Crippen LogP contribution in [-0.4, -0.2) is 10.1 Å². The fourth-order valence-electron chi connectivity index (χ4n) is 0.948. The highest BCUT2D eigenvalue weighted by molar-refractivity contribution is 5.42. The minimum absolute atomic E-state index is 0.0597. The van der Waals surface area contributed by atoms with E-state index in [1.807, 2.05) is 26.8 Å². The summed E-state index contributed by atoms with van der Waals surface area (Å²) in [6.07, 6.45) is 1.32. The van der Waals surface area contributed by atoms with Crippen molar-refractivity contribution in [2.24, 2.45) is 0 Å². The van der Waals surface area contributed by atoms with Crippen LogP contribution in [0.15, 0.2) is 12.3 Å². The van der Waals surface area contributed by atoms with E-state index in [4.69, 9.17) is 5.26 Å². The molecule has 0 aliphatic rings. The number of hydrogen-bond acceptors (Lipinski definition) is 3. The summed E-state index contributed by atoms with van der Waals surface area (Å²) in [5.74, 6) is -0.0597. The van der Waals surface area contributed by atoms with Crippen LogP contribution in [0, 0.1) is 11.3 Å². The Morgan fingerprint density at radius 1 is 1.46 bits per heavy atom. The van der Waals surface area contributed by atoms with Crippen LogP contribution in [0.1, 0.15) is 32.0 Å². The number of rotatable bonds is 0. The van der Waals surface area contributed by atoms with E-state index in [-0.39, 0.29) is 16.7 Å². The molecule has 1 aromatic rings. The summed E-state index contributed by atoms with van der Waals surface area (Å²) < 4.78 is 0. The normalized spacial score (nSPS) is 10.9. The zero-order valence-corrected chi connectivity index (χ0v) is 8.00. The van der Waals surface area contributed by atoms with E-state index in [2.05, 4.69) is 4.98 Å². The summed E-state index contributed by atoms with van der Waals surface area (Å²) in [6.45, 7) is 6.02. The minimum atomic E-state index is -0.0979. The Labute approximate surface area is 77.7 Å². The zero-order chi connectivity index (χ0) is 10.1. The largest absolute Gasteiger partial charge is 0.505 e. The Hall–Kier alpha value is -1.56. The molecule has 0 aromatic carbocycles. The van der Waals surface area contributed by atoms with Crippen molar-refractivity contribution >= 4 is 0 Å². The van der Waals surface area contributed by atoms with Crippen molar-refractivity contribution in [1.82, 2.24) is 4.98 Å². The van der Waals surface area contributed by atoms with Crippen molar-refractivity contribution in [2.45, 2.75) is 26.2 Å². The quantitative estimate of drug-likeness (QED) is 0.657. The second-order valence-electron chi connectivity index (χ2n) is 3.95. The summed E-state index contributed by atoms with van der Waals surface area (Å²) >= 11 is 0. The van der Waals surface area contributed by atoms with Gasteiger partial charge in [-0.15, -0.1) is 0 Å².